The minimum absolute atomic E-state index is 0. The van der Waals surface area contributed by atoms with Gasteiger partial charge in [-0.05, 0) is 43.5 Å². The van der Waals surface area contributed by atoms with Crippen LogP contribution in [0.1, 0.15) is 19.3 Å². The predicted molar refractivity (Wildman–Crippen MR) is 96.5 cm³/mol. The predicted octanol–water partition coefficient (Wildman–Crippen LogP) is 3.17. The Kier molecular flexibility index (Phi) is 7.66. The summed E-state index contributed by atoms with van der Waals surface area (Å²) >= 11 is 0. The molecule has 5 nitrogen and oxygen atoms in total. The summed E-state index contributed by atoms with van der Waals surface area (Å²) in [4.78, 5) is 16.2. The first kappa shape index (κ1) is 20.4. The van der Waals surface area contributed by atoms with Crippen molar-refractivity contribution in [3.8, 4) is 5.69 Å². The largest absolute Gasteiger partial charge is 0.330 e. The van der Waals surface area contributed by atoms with E-state index in [9.17, 15) is 9.18 Å². The van der Waals surface area contributed by atoms with Gasteiger partial charge in [0.25, 0.3) is 0 Å². The summed E-state index contributed by atoms with van der Waals surface area (Å²) in [7, 11) is 0. The molecule has 24 heavy (non-hydrogen) atoms. The Morgan fingerprint density at radius 2 is 2.17 bits per heavy atom. The number of nitrogens with one attached hydrogen (secondary N) is 1. The van der Waals surface area contributed by atoms with Crippen LogP contribution in [0.4, 0.5) is 10.1 Å². The molecule has 2 atom stereocenters. The lowest BCUT2D eigenvalue weighted by Crippen LogP contribution is -2.29. The van der Waals surface area contributed by atoms with Crippen LogP contribution in [0.2, 0.25) is 0 Å². The highest BCUT2D eigenvalue weighted by molar-refractivity contribution is 5.93. The number of nitrogens with two attached hydrogens (primary N) is 1. The lowest BCUT2D eigenvalue weighted by molar-refractivity contribution is -0.120. The van der Waals surface area contributed by atoms with Crippen LogP contribution in [0, 0.1) is 17.7 Å². The molecule has 1 amide bonds. The van der Waals surface area contributed by atoms with Crippen LogP contribution in [-0.4, -0.2) is 22.0 Å². The zero-order valence-electron chi connectivity index (χ0n) is 13.0. The number of hydrogen-bond acceptors (Lipinski definition) is 3. The van der Waals surface area contributed by atoms with Gasteiger partial charge in [0.1, 0.15) is 5.82 Å². The summed E-state index contributed by atoms with van der Waals surface area (Å²) in [6.45, 7) is 0.520. The smallest absolute Gasteiger partial charge is 0.227 e. The van der Waals surface area contributed by atoms with Crippen molar-refractivity contribution >= 4 is 36.4 Å². The number of imidazole rings is 1. The first-order valence-electron chi connectivity index (χ1n) is 7.48. The number of rotatable bonds is 4. The standard InChI is InChI=1S/C16H19FN4O.2ClH/c17-14-8-12(4-5-15(14)21-7-6-19-10-21)20-16(22)13-3-1-2-11(13)9-18;;/h4-8,10-11,13H,1-3,9,18H2,(H,20,22);2*1H/t11-,13-;;/m1../s1. The molecule has 0 spiro atoms. The molecule has 1 aromatic carbocycles. The third-order valence-corrected chi connectivity index (χ3v) is 4.30. The normalized spacial score (nSPS) is 19.2. The summed E-state index contributed by atoms with van der Waals surface area (Å²) in [5.41, 5.74) is 6.57. The Balaban J connectivity index is 0.00000144. The fourth-order valence-corrected chi connectivity index (χ4v) is 3.09. The van der Waals surface area contributed by atoms with Crippen molar-refractivity contribution in [1.29, 1.82) is 0 Å². The topological polar surface area (TPSA) is 72.9 Å². The van der Waals surface area contributed by atoms with E-state index < -0.39 is 5.82 Å². The molecule has 0 bridgehead atoms. The molecular formula is C16H21Cl2FN4O. The van der Waals surface area contributed by atoms with Crippen LogP contribution in [0.5, 0.6) is 0 Å². The molecular weight excluding hydrogens is 354 g/mol. The molecule has 3 rings (SSSR count). The number of benzene rings is 1. The van der Waals surface area contributed by atoms with Crippen LogP contribution < -0.4 is 11.1 Å². The van der Waals surface area contributed by atoms with Crippen molar-refractivity contribution < 1.29 is 9.18 Å². The molecule has 8 heteroatoms. The van der Waals surface area contributed by atoms with Gasteiger partial charge in [-0.3, -0.25) is 4.79 Å². The van der Waals surface area contributed by atoms with Crippen LogP contribution in [-0.2, 0) is 4.79 Å². The molecule has 1 aliphatic rings. The van der Waals surface area contributed by atoms with Gasteiger partial charge in [0.15, 0.2) is 0 Å². The Morgan fingerprint density at radius 3 is 2.79 bits per heavy atom. The molecule has 132 valence electrons. The van der Waals surface area contributed by atoms with Crippen molar-refractivity contribution in [2.75, 3.05) is 11.9 Å². The van der Waals surface area contributed by atoms with E-state index in [0.717, 1.165) is 19.3 Å². The highest BCUT2D eigenvalue weighted by Crippen LogP contribution is 2.32. The van der Waals surface area contributed by atoms with Crippen molar-refractivity contribution in [2.45, 2.75) is 19.3 Å². The summed E-state index contributed by atoms with van der Waals surface area (Å²) in [6, 6.07) is 4.66. The lowest BCUT2D eigenvalue weighted by atomic mass is 9.95. The first-order chi connectivity index (χ1) is 10.7. The number of carbonyl (C=O) groups excluding carboxylic acids is 1. The summed E-state index contributed by atoms with van der Waals surface area (Å²) in [5.74, 6) is -0.309. The number of nitrogens with zero attached hydrogens (tertiary/aromatic N) is 2. The number of anilines is 1. The third-order valence-electron chi connectivity index (χ3n) is 4.30. The van der Waals surface area contributed by atoms with E-state index in [1.165, 1.54) is 12.4 Å². The molecule has 1 aliphatic carbocycles. The van der Waals surface area contributed by atoms with Crippen molar-refractivity contribution in [2.24, 2.45) is 17.6 Å². The van der Waals surface area contributed by atoms with Crippen LogP contribution in [0.3, 0.4) is 0 Å². The van der Waals surface area contributed by atoms with Gasteiger partial charge in [-0.15, -0.1) is 24.8 Å². The van der Waals surface area contributed by atoms with Crippen molar-refractivity contribution in [3.63, 3.8) is 0 Å². The molecule has 0 aliphatic heterocycles. The molecule has 1 fully saturated rings. The molecule has 2 aromatic rings. The van der Waals surface area contributed by atoms with Crippen molar-refractivity contribution in [3.05, 3.63) is 42.7 Å². The maximum atomic E-state index is 14.2. The molecule has 0 unspecified atom stereocenters. The SMILES string of the molecule is Cl.Cl.NC[C@H]1CCC[C@H]1C(=O)Nc1ccc(-n2ccnc2)c(F)c1. The first-order valence-corrected chi connectivity index (χ1v) is 7.48. The Labute approximate surface area is 152 Å². The fraction of sp³-hybridized carbons (Fsp3) is 0.375. The second-order valence-electron chi connectivity index (χ2n) is 5.66. The maximum Gasteiger partial charge on any atom is 0.227 e. The number of hydrogen-bond donors (Lipinski definition) is 2. The Morgan fingerprint density at radius 1 is 1.38 bits per heavy atom. The quantitative estimate of drug-likeness (QED) is 0.862. The monoisotopic (exact) mass is 374 g/mol. The van der Waals surface area contributed by atoms with E-state index in [1.807, 2.05) is 0 Å². The van der Waals surface area contributed by atoms with Gasteiger partial charge in [-0.1, -0.05) is 6.42 Å². The highest BCUT2D eigenvalue weighted by Gasteiger charge is 2.31. The van der Waals surface area contributed by atoms with E-state index in [-0.39, 0.29) is 42.6 Å². The maximum absolute atomic E-state index is 14.2. The summed E-state index contributed by atoms with van der Waals surface area (Å²) in [6.07, 6.45) is 7.64. The third kappa shape index (κ3) is 4.26. The van der Waals surface area contributed by atoms with E-state index in [1.54, 1.807) is 29.1 Å². The van der Waals surface area contributed by atoms with Gasteiger partial charge in [-0.2, -0.15) is 0 Å². The van der Waals surface area contributed by atoms with Crippen LogP contribution >= 0.6 is 24.8 Å². The van der Waals surface area contributed by atoms with Gasteiger partial charge in [0, 0.05) is 24.0 Å². The Hall–Kier alpha value is -1.63. The lowest BCUT2D eigenvalue weighted by Gasteiger charge is -2.17. The van der Waals surface area contributed by atoms with Crippen LogP contribution in [0.15, 0.2) is 36.9 Å². The molecule has 3 N–H and O–H groups in total. The fourth-order valence-electron chi connectivity index (χ4n) is 3.09. The summed E-state index contributed by atoms with van der Waals surface area (Å²) < 4.78 is 15.7. The average molecular weight is 375 g/mol. The van der Waals surface area contributed by atoms with Crippen molar-refractivity contribution in [1.82, 2.24) is 9.55 Å². The Bertz CT molecular complexity index is 666. The van der Waals surface area contributed by atoms with Gasteiger partial charge in [-0.25, -0.2) is 9.37 Å². The molecule has 0 saturated heterocycles. The van der Waals surface area contributed by atoms with E-state index in [0.29, 0.717) is 17.9 Å². The van der Waals surface area contributed by atoms with Crippen LogP contribution in [0.25, 0.3) is 5.69 Å². The van der Waals surface area contributed by atoms with Gasteiger partial charge in [0.05, 0.1) is 12.0 Å². The second-order valence-corrected chi connectivity index (χ2v) is 5.66. The number of halogens is 3. The second kappa shape index (κ2) is 9.01. The average Bonchev–Trinajstić information content (AvgIpc) is 3.18. The minimum atomic E-state index is -0.405. The van der Waals surface area contributed by atoms with Gasteiger partial charge < -0.3 is 15.6 Å². The number of aromatic nitrogens is 2. The molecule has 1 heterocycles. The molecule has 1 aromatic heterocycles. The summed E-state index contributed by atoms with van der Waals surface area (Å²) in [5, 5.41) is 2.80. The minimum Gasteiger partial charge on any atom is -0.330 e. The zero-order valence-corrected chi connectivity index (χ0v) is 14.7. The van der Waals surface area contributed by atoms with Gasteiger partial charge >= 0.3 is 0 Å². The highest BCUT2D eigenvalue weighted by atomic mass is 35.5. The number of amides is 1. The molecule has 0 radical (unpaired) electrons. The van der Waals surface area contributed by atoms with Gasteiger partial charge in [0.2, 0.25) is 5.91 Å². The zero-order chi connectivity index (χ0) is 15.5. The van der Waals surface area contributed by atoms with E-state index in [2.05, 4.69) is 10.3 Å². The van der Waals surface area contributed by atoms with E-state index >= 15 is 0 Å². The molecule has 1 saturated carbocycles. The van der Waals surface area contributed by atoms with E-state index in [4.69, 9.17) is 5.73 Å². The number of carbonyl (C=O) groups is 1.